The zero-order chi connectivity index (χ0) is 31.4. The summed E-state index contributed by atoms with van der Waals surface area (Å²) < 4.78 is 68.0. The summed E-state index contributed by atoms with van der Waals surface area (Å²) >= 11 is 0. The van der Waals surface area contributed by atoms with Gasteiger partial charge in [-0.05, 0) is 61.5 Å². The summed E-state index contributed by atoms with van der Waals surface area (Å²) in [5.41, 5.74) is 0.642. The number of amides is 1. The number of carbonyl (C=O) groups is 1. The molecule has 11 nitrogen and oxygen atoms in total. The van der Waals surface area contributed by atoms with Crippen LogP contribution in [0.25, 0.3) is 0 Å². The number of methoxy groups -OCH3 is 1. The Morgan fingerprint density at radius 2 is 1.72 bits per heavy atom. The van der Waals surface area contributed by atoms with Crippen molar-refractivity contribution >= 4 is 31.6 Å². The lowest BCUT2D eigenvalue weighted by Crippen LogP contribution is -2.48. The van der Waals surface area contributed by atoms with E-state index in [2.05, 4.69) is 4.72 Å². The van der Waals surface area contributed by atoms with Gasteiger partial charge in [-0.15, -0.1) is 0 Å². The second kappa shape index (κ2) is 13.3. The van der Waals surface area contributed by atoms with Crippen LogP contribution in [0.4, 0.5) is 5.69 Å². The first kappa shape index (κ1) is 32.3. The summed E-state index contributed by atoms with van der Waals surface area (Å²) in [5.74, 6) is 0.242. The molecule has 13 heteroatoms. The van der Waals surface area contributed by atoms with Crippen LogP contribution in [-0.4, -0.2) is 83.1 Å². The number of aliphatic hydroxyl groups excluding tert-OH is 1. The van der Waals surface area contributed by atoms with E-state index in [4.69, 9.17) is 9.47 Å². The Morgan fingerprint density at radius 3 is 2.35 bits per heavy atom. The summed E-state index contributed by atoms with van der Waals surface area (Å²) in [4.78, 5) is 15.2. The number of fused-ring (bicyclic) bond motifs is 1. The highest BCUT2D eigenvalue weighted by Crippen LogP contribution is 2.31. The standard InChI is InChI=1S/C30H37N3O8S2/c1-21-18-33(22(2)20-34)30(35)17-23-16-24(31-42(36,37)26-13-11-25(40-4)12-14-26)10-15-28(23)41-29(21)19-32(3)43(38,39)27-8-6-5-7-9-27/h5-16,21-22,29,31,34H,17-20H2,1-4H3/t21-,22+,29+/m0/s1. The summed E-state index contributed by atoms with van der Waals surface area (Å²) in [7, 11) is -4.82. The molecule has 2 N–H and O–H groups in total. The minimum absolute atomic E-state index is 0.0147. The first-order valence-corrected chi connectivity index (χ1v) is 16.7. The van der Waals surface area contributed by atoms with E-state index in [1.165, 1.54) is 54.9 Å². The number of likely N-dealkylation sites (N-methyl/N-ethyl adjacent to an activating group) is 1. The van der Waals surface area contributed by atoms with Crippen molar-refractivity contribution < 1.29 is 36.2 Å². The van der Waals surface area contributed by atoms with Gasteiger partial charge in [0.2, 0.25) is 15.9 Å². The molecule has 1 aliphatic rings. The number of nitrogens with one attached hydrogen (secondary N) is 1. The van der Waals surface area contributed by atoms with Crippen molar-refractivity contribution in [3.05, 3.63) is 78.4 Å². The van der Waals surface area contributed by atoms with Gasteiger partial charge in [0.25, 0.3) is 10.0 Å². The van der Waals surface area contributed by atoms with Crippen LogP contribution in [-0.2, 0) is 31.3 Å². The fourth-order valence-corrected chi connectivity index (χ4v) is 7.06. The largest absolute Gasteiger partial charge is 0.497 e. The fraction of sp³-hybridized carbons (Fsp3) is 0.367. The predicted molar refractivity (Wildman–Crippen MR) is 162 cm³/mol. The molecule has 0 aromatic heterocycles. The maximum atomic E-state index is 13.5. The third-order valence-electron chi connectivity index (χ3n) is 7.43. The van der Waals surface area contributed by atoms with Crippen molar-refractivity contribution in [3.8, 4) is 11.5 Å². The number of hydrogen-bond donors (Lipinski definition) is 2. The highest BCUT2D eigenvalue weighted by atomic mass is 32.2. The number of benzene rings is 3. The van der Waals surface area contributed by atoms with E-state index in [9.17, 15) is 26.7 Å². The molecular weight excluding hydrogens is 594 g/mol. The predicted octanol–water partition coefficient (Wildman–Crippen LogP) is 2.97. The van der Waals surface area contributed by atoms with Crippen LogP contribution >= 0.6 is 0 Å². The Morgan fingerprint density at radius 1 is 1.05 bits per heavy atom. The highest BCUT2D eigenvalue weighted by molar-refractivity contribution is 7.92. The monoisotopic (exact) mass is 631 g/mol. The molecule has 0 aliphatic carbocycles. The average Bonchev–Trinajstić information content (AvgIpc) is 3.04. The lowest BCUT2D eigenvalue weighted by atomic mass is 10.0. The van der Waals surface area contributed by atoms with Crippen LogP contribution < -0.4 is 14.2 Å². The quantitative estimate of drug-likeness (QED) is 0.348. The van der Waals surface area contributed by atoms with Crippen molar-refractivity contribution in [2.45, 2.75) is 42.2 Å². The molecule has 3 atom stereocenters. The SMILES string of the molecule is COc1ccc(S(=O)(=O)Nc2ccc3c(c2)CC(=O)N([C@H](C)CO)C[C@H](C)[C@@H](CN(C)S(=O)(=O)c2ccccc2)O3)cc1. The number of ether oxygens (including phenoxy) is 2. The van der Waals surface area contributed by atoms with E-state index in [1.54, 1.807) is 48.2 Å². The number of sulfonamides is 2. The zero-order valence-corrected chi connectivity index (χ0v) is 26.1. The second-order valence-corrected chi connectivity index (χ2v) is 14.3. The maximum absolute atomic E-state index is 13.5. The minimum atomic E-state index is -3.96. The number of rotatable bonds is 10. The van der Waals surface area contributed by atoms with Gasteiger partial charge in [-0.2, -0.15) is 4.31 Å². The van der Waals surface area contributed by atoms with Crippen LogP contribution in [0.3, 0.4) is 0 Å². The molecule has 3 aromatic rings. The Bertz CT molecular complexity index is 1630. The minimum Gasteiger partial charge on any atom is -0.497 e. The summed E-state index contributed by atoms with van der Waals surface area (Å²) in [6, 6.07) is 18.1. The van der Waals surface area contributed by atoms with Crippen LogP contribution in [0.5, 0.6) is 11.5 Å². The summed E-state index contributed by atoms with van der Waals surface area (Å²) in [5, 5.41) is 9.88. The molecule has 43 heavy (non-hydrogen) atoms. The molecule has 1 aliphatic heterocycles. The van der Waals surface area contributed by atoms with Gasteiger partial charge in [0.15, 0.2) is 0 Å². The van der Waals surface area contributed by atoms with Gasteiger partial charge >= 0.3 is 0 Å². The smallest absolute Gasteiger partial charge is 0.261 e. The number of nitrogens with zero attached hydrogens (tertiary/aromatic N) is 2. The van der Waals surface area contributed by atoms with E-state index in [0.29, 0.717) is 17.1 Å². The van der Waals surface area contributed by atoms with Gasteiger partial charge in [-0.1, -0.05) is 25.1 Å². The fourth-order valence-electron chi connectivity index (χ4n) is 4.80. The van der Waals surface area contributed by atoms with Gasteiger partial charge in [0.1, 0.15) is 17.6 Å². The first-order chi connectivity index (χ1) is 20.3. The molecule has 0 radical (unpaired) electrons. The van der Waals surface area contributed by atoms with Crippen LogP contribution in [0.2, 0.25) is 0 Å². The average molecular weight is 632 g/mol. The van der Waals surface area contributed by atoms with Crippen LogP contribution in [0.15, 0.2) is 82.6 Å². The van der Waals surface area contributed by atoms with Crippen molar-refractivity contribution in [3.63, 3.8) is 0 Å². The molecule has 1 amide bonds. The molecule has 1 heterocycles. The molecule has 0 saturated heterocycles. The third-order valence-corrected chi connectivity index (χ3v) is 10.7. The Labute approximate surface area is 253 Å². The van der Waals surface area contributed by atoms with Gasteiger partial charge in [-0.25, -0.2) is 16.8 Å². The van der Waals surface area contributed by atoms with Crippen LogP contribution in [0, 0.1) is 5.92 Å². The van der Waals surface area contributed by atoms with E-state index in [0.717, 1.165) is 0 Å². The lowest BCUT2D eigenvalue weighted by molar-refractivity contribution is -0.134. The molecule has 0 spiro atoms. The van der Waals surface area contributed by atoms with Gasteiger partial charge in [0, 0.05) is 30.8 Å². The molecule has 0 bridgehead atoms. The highest BCUT2D eigenvalue weighted by Gasteiger charge is 2.33. The van der Waals surface area contributed by atoms with E-state index < -0.39 is 32.2 Å². The molecular formula is C30H37N3O8S2. The number of aliphatic hydroxyl groups is 1. The van der Waals surface area contributed by atoms with Gasteiger partial charge < -0.3 is 19.5 Å². The molecule has 232 valence electrons. The van der Waals surface area contributed by atoms with Gasteiger partial charge in [0.05, 0.1) is 42.5 Å². The first-order valence-electron chi connectivity index (χ1n) is 13.7. The van der Waals surface area contributed by atoms with Crippen molar-refractivity contribution in [1.29, 1.82) is 0 Å². The lowest BCUT2D eigenvalue weighted by Gasteiger charge is -2.33. The third kappa shape index (κ3) is 7.47. The Hall–Kier alpha value is -3.65. The zero-order valence-electron chi connectivity index (χ0n) is 24.5. The second-order valence-electron chi connectivity index (χ2n) is 10.6. The number of anilines is 1. The normalized spacial score (nSPS) is 18.6. The van der Waals surface area contributed by atoms with E-state index in [1.807, 2.05) is 6.92 Å². The van der Waals surface area contributed by atoms with Crippen LogP contribution in [0.1, 0.15) is 19.4 Å². The summed E-state index contributed by atoms with van der Waals surface area (Å²) in [6.45, 7) is 3.53. The molecule has 3 aromatic carbocycles. The van der Waals surface area contributed by atoms with Gasteiger partial charge in [-0.3, -0.25) is 9.52 Å². The topological polar surface area (TPSA) is 143 Å². The van der Waals surface area contributed by atoms with Crippen molar-refractivity contribution in [2.24, 2.45) is 5.92 Å². The molecule has 4 rings (SSSR count). The Kier molecular flexibility index (Phi) is 10.0. The number of carbonyl (C=O) groups excluding carboxylic acids is 1. The molecule has 0 fully saturated rings. The molecule has 0 unspecified atom stereocenters. The van der Waals surface area contributed by atoms with E-state index in [-0.39, 0.29) is 53.4 Å². The van der Waals surface area contributed by atoms with E-state index >= 15 is 0 Å². The Balaban J connectivity index is 1.67. The molecule has 0 saturated carbocycles. The van der Waals surface area contributed by atoms with Crippen molar-refractivity contribution in [2.75, 3.05) is 38.6 Å². The van der Waals surface area contributed by atoms with Crippen molar-refractivity contribution in [1.82, 2.24) is 9.21 Å². The number of hydrogen-bond acceptors (Lipinski definition) is 8. The summed E-state index contributed by atoms with van der Waals surface area (Å²) in [6.07, 6.45) is -0.793. The maximum Gasteiger partial charge on any atom is 0.261 e.